The van der Waals surface area contributed by atoms with Gasteiger partial charge in [0.25, 0.3) is 5.91 Å². The van der Waals surface area contributed by atoms with Crippen molar-refractivity contribution >= 4 is 17.8 Å². The minimum atomic E-state index is -0.924. The van der Waals surface area contributed by atoms with Gasteiger partial charge in [0.2, 0.25) is 5.76 Å². The molecule has 1 N–H and O–H groups in total. The van der Waals surface area contributed by atoms with Gasteiger partial charge in [-0.1, -0.05) is 24.3 Å². The number of nitro groups is 1. The fraction of sp³-hybridized carbons (Fsp3) is 0.294. The summed E-state index contributed by atoms with van der Waals surface area (Å²) in [5, 5.41) is 13.4. The molecule has 0 aliphatic heterocycles. The molecule has 3 rings (SSSR count). The number of ether oxygens (including phenoxy) is 1. The largest absolute Gasteiger partial charge is 0.450 e. The third-order valence-electron chi connectivity index (χ3n) is 4.01. The molecule has 130 valence electrons. The van der Waals surface area contributed by atoms with Crippen molar-refractivity contribution in [3.05, 3.63) is 63.4 Å². The lowest BCUT2D eigenvalue weighted by Gasteiger charge is -2.26. The van der Waals surface area contributed by atoms with Gasteiger partial charge in [-0.15, -0.1) is 0 Å². The molecule has 1 heterocycles. The van der Waals surface area contributed by atoms with Gasteiger partial charge in [-0.05, 0) is 36.5 Å². The second kappa shape index (κ2) is 7.16. The highest BCUT2D eigenvalue weighted by molar-refractivity contribution is 5.89. The first-order valence-corrected chi connectivity index (χ1v) is 7.83. The zero-order valence-electron chi connectivity index (χ0n) is 13.3. The second-order valence-electron chi connectivity index (χ2n) is 5.68. The van der Waals surface area contributed by atoms with E-state index in [0.29, 0.717) is 0 Å². The number of nitrogens with zero attached hydrogens (tertiary/aromatic N) is 1. The Hall–Kier alpha value is -3.16. The fourth-order valence-corrected chi connectivity index (χ4v) is 2.88. The van der Waals surface area contributed by atoms with E-state index in [1.807, 2.05) is 24.3 Å². The van der Waals surface area contributed by atoms with Crippen LogP contribution in [0.4, 0.5) is 5.88 Å². The highest BCUT2D eigenvalue weighted by Crippen LogP contribution is 2.29. The number of amides is 1. The van der Waals surface area contributed by atoms with E-state index >= 15 is 0 Å². The Labute approximate surface area is 142 Å². The molecule has 0 bridgehead atoms. The van der Waals surface area contributed by atoms with Gasteiger partial charge in [0.1, 0.15) is 4.92 Å². The molecule has 1 amide bonds. The minimum Gasteiger partial charge on any atom is -0.450 e. The van der Waals surface area contributed by atoms with Crippen molar-refractivity contribution < 1.29 is 23.7 Å². The maximum atomic E-state index is 12.0. The molecular formula is C17H16N2O6. The summed E-state index contributed by atoms with van der Waals surface area (Å²) in [5.41, 5.74) is 2.29. The number of carbonyl (C=O) groups excluding carboxylic acids is 2. The number of benzene rings is 1. The van der Waals surface area contributed by atoms with Crippen LogP contribution in [0.1, 0.15) is 40.6 Å². The molecule has 1 aromatic carbocycles. The molecule has 1 aliphatic carbocycles. The standard InChI is InChI=1S/C17H16N2O6/c20-15(10-24-17(21)14-8-9-16(25-14)19(22)23)18-13-7-3-5-11-4-1-2-6-12(11)13/h1-2,4,6,8-9,13H,3,5,7,10H2,(H,18,20)/t13-/m0/s1. The van der Waals surface area contributed by atoms with E-state index in [0.717, 1.165) is 37.0 Å². The normalized spacial score (nSPS) is 15.9. The number of esters is 1. The summed E-state index contributed by atoms with van der Waals surface area (Å²) in [5.74, 6) is -2.24. The first-order valence-electron chi connectivity index (χ1n) is 7.83. The van der Waals surface area contributed by atoms with Crippen LogP contribution in [0.5, 0.6) is 0 Å². The van der Waals surface area contributed by atoms with Gasteiger partial charge in [-0.2, -0.15) is 0 Å². The lowest BCUT2D eigenvalue weighted by molar-refractivity contribution is -0.402. The summed E-state index contributed by atoms with van der Waals surface area (Å²) in [6, 6.07) is 9.98. The Bertz CT molecular complexity index is 813. The van der Waals surface area contributed by atoms with Crippen LogP contribution in [0, 0.1) is 10.1 Å². The highest BCUT2D eigenvalue weighted by Gasteiger charge is 2.23. The second-order valence-corrected chi connectivity index (χ2v) is 5.68. The van der Waals surface area contributed by atoms with Gasteiger partial charge in [-0.3, -0.25) is 14.9 Å². The lowest BCUT2D eigenvalue weighted by atomic mass is 9.88. The van der Waals surface area contributed by atoms with Crippen LogP contribution in [0.3, 0.4) is 0 Å². The van der Waals surface area contributed by atoms with Crippen molar-refractivity contribution in [1.29, 1.82) is 0 Å². The average molecular weight is 344 g/mol. The van der Waals surface area contributed by atoms with Crippen LogP contribution in [-0.4, -0.2) is 23.4 Å². The van der Waals surface area contributed by atoms with E-state index in [4.69, 9.17) is 9.15 Å². The zero-order valence-corrected chi connectivity index (χ0v) is 13.3. The van der Waals surface area contributed by atoms with Crippen molar-refractivity contribution in [3.63, 3.8) is 0 Å². The molecule has 0 saturated heterocycles. The monoisotopic (exact) mass is 344 g/mol. The lowest BCUT2D eigenvalue weighted by Crippen LogP contribution is -2.34. The Morgan fingerprint density at radius 1 is 1.28 bits per heavy atom. The SMILES string of the molecule is O=C(COC(=O)c1ccc([N+](=O)[O-])o1)N[C@H]1CCCc2ccccc21. The van der Waals surface area contributed by atoms with E-state index in [-0.39, 0.29) is 11.8 Å². The molecule has 1 atom stereocenters. The number of carbonyl (C=O) groups is 2. The summed E-state index contributed by atoms with van der Waals surface area (Å²) in [6.07, 6.45) is 2.77. The Balaban J connectivity index is 1.55. The third-order valence-corrected chi connectivity index (χ3v) is 4.01. The molecular weight excluding hydrogens is 328 g/mol. The maximum absolute atomic E-state index is 12.0. The fourth-order valence-electron chi connectivity index (χ4n) is 2.88. The molecule has 25 heavy (non-hydrogen) atoms. The van der Waals surface area contributed by atoms with Crippen LogP contribution in [0.25, 0.3) is 0 Å². The average Bonchev–Trinajstić information content (AvgIpc) is 3.10. The first kappa shape index (κ1) is 16.7. The van der Waals surface area contributed by atoms with Crippen molar-refractivity contribution in [2.24, 2.45) is 0 Å². The van der Waals surface area contributed by atoms with Crippen molar-refractivity contribution in [3.8, 4) is 0 Å². The van der Waals surface area contributed by atoms with Gasteiger partial charge < -0.3 is 14.5 Å². The topological polar surface area (TPSA) is 112 Å². The predicted octanol–water partition coefficient (Wildman–Crippen LogP) is 2.54. The van der Waals surface area contributed by atoms with E-state index in [2.05, 4.69) is 5.32 Å². The van der Waals surface area contributed by atoms with Gasteiger partial charge in [0.05, 0.1) is 12.1 Å². The van der Waals surface area contributed by atoms with Crippen LogP contribution >= 0.6 is 0 Å². The Kier molecular flexibility index (Phi) is 4.78. The molecule has 0 radical (unpaired) electrons. The molecule has 8 heteroatoms. The van der Waals surface area contributed by atoms with Crippen LogP contribution in [0.15, 0.2) is 40.8 Å². The van der Waals surface area contributed by atoms with Crippen LogP contribution in [0.2, 0.25) is 0 Å². The van der Waals surface area contributed by atoms with Crippen molar-refractivity contribution in [1.82, 2.24) is 5.32 Å². The summed E-state index contributed by atoms with van der Waals surface area (Å²) in [4.78, 5) is 33.6. The number of fused-ring (bicyclic) bond motifs is 1. The predicted molar refractivity (Wildman–Crippen MR) is 85.9 cm³/mol. The van der Waals surface area contributed by atoms with E-state index in [1.165, 1.54) is 5.56 Å². The number of aryl methyl sites for hydroxylation is 1. The maximum Gasteiger partial charge on any atom is 0.433 e. The summed E-state index contributed by atoms with van der Waals surface area (Å²) in [6.45, 7) is -0.480. The molecule has 0 unspecified atom stereocenters. The molecule has 0 spiro atoms. The summed E-state index contributed by atoms with van der Waals surface area (Å²) < 4.78 is 9.58. The molecule has 2 aromatic rings. The number of furan rings is 1. The van der Waals surface area contributed by atoms with Crippen molar-refractivity contribution in [2.75, 3.05) is 6.61 Å². The molecule has 0 saturated carbocycles. The molecule has 1 aromatic heterocycles. The molecule has 0 fully saturated rings. The number of hydrogen-bond donors (Lipinski definition) is 1. The first-order chi connectivity index (χ1) is 12.0. The van der Waals surface area contributed by atoms with Gasteiger partial charge in [0.15, 0.2) is 6.61 Å². The van der Waals surface area contributed by atoms with Gasteiger partial charge >= 0.3 is 11.9 Å². The Morgan fingerprint density at radius 3 is 2.84 bits per heavy atom. The zero-order chi connectivity index (χ0) is 17.8. The van der Waals surface area contributed by atoms with Crippen LogP contribution < -0.4 is 5.32 Å². The summed E-state index contributed by atoms with van der Waals surface area (Å²) in [7, 11) is 0. The summed E-state index contributed by atoms with van der Waals surface area (Å²) >= 11 is 0. The third kappa shape index (κ3) is 3.85. The number of rotatable bonds is 5. The smallest absolute Gasteiger partial charge is 0.433 e. The van der Waals surface area contributed by atoms with Gasteiger partial charge in [-0.25, -0.2) is 4.79 Å². The van der Waals surface area contributed by atoms with E-state index in [1.54, 1.807) is 0 Å². The van der Waals surface area contributed by atoms with Crippen molar-refractivity contribution in [2.45, 2.75) is 25.3 Å². The van der Waals surface area contributed by atoms with E-state index in [9.17, 15) is 19.7 Å². The molecule has 1 aliphatic rings. The number of nitrogens with one attached hydrogen (secondary N) is 1. The van der Waals surface area contributed by atoms with E-state index < -0.39 is 29.3 Å². The van der Waals surface area contributed by atoms with Crippen LogP contribution in [-0.2, 0) is 16.0 Å². The highest BCUT2D eigenvalue weighted by atomic mass is 16.7. The quantitative estimate of drug-likeness (QED) is 0.507. The molecule has 8 nitrogen and oxygen atoms in total. The number of hydrogen-bond acceptors (Lipinski definition) is 6. The van der Waals surface area contributed by atoms with Gasteiger partial charge in [0, 0.05) is 0 Å². The minimum absolute atomic E-state index is 0.110. The Morgan fingerprint density at radius 2 is 2.08 bits per heavy atom.